The van der Waals surface area contributed by atoms with E-state index in [-0.39, 0.29) is 28.6 Å². The SMILES string of the molecule is OCCC(O)c1c(Cl)cc(F)cc1Cl. The van der Waals surface area contributed by atoms with E-state index in [1.807, 2.05) is 0 Å². The van der Waals surface area contributed by atoms with Gasteiger partial charge in [-0.3, -0.25) is 0 Å². The Bertz CT molecular complexity index is 308. The molecule has 2 N–H and O–H groups in total. The number of hydrogen-bond donors (Lipinski definition) is 2. The highest BCUT2D eigenvalue weighted by atomic mass is 35.5. The first-order valence-corrected chi connectivity index (χ1v) is 4.75. The van der Waals surface area contributed by atoms with Gasteiger partial charge in [-0.05, 0) is 12.1 Å². The Morgan fingerprint density at radius 3 is 2.21 bits per heavy atom. The minimum absolute atomic E-state index is 0.0657. The predicted molar refractivity (Wildman–Crippen MR) is 53.1 cm³/mol. The van der Waals surface area contributed by atoms with Gasteiger partial charge in [-0.15, -0.1) is 0 Å². The van der Waals surface area contributed by atoms with Crippen LogP contribution >= 0.6 is 23.2 Å². The average molecular weight is 239 g/mol. The van der Waals surface area contributed by atoms with Crippen molar-refractivity contribution in [3.8, 4) is 0 Å². The van der Waals surface area contributed by atoms with Crippen LogP contribution in [-0.2, 0) is 0 Å². The molecule has 78 valence electrons. The molecule has 0 radical (unpaired) electrons. The second kappa shape index (κ2) is 4.94. The van der Waals surface area contributed by atoms with Gasteiger partial charge >= 0.3 is 0 Å². The summed E-state index contributed by atoms with van der Waals surface area (Å²) >= 11 is 11.4. The molecule has 0 saturated carbocycles. The third-order valence-electron chi connectivity index (χ3n) is 1.78. The Kier molecular flexibility index (Phi) is 4.13. The molecule has 1 atom stereocenters. The van der Waals surface area contributed by atoms with Crippen molar-refractivity contribution < 1.29 is 14.6 Å². The van der Waals surface area contributed by atoms with Crippen molar-refractivity contribution in [1.82, 2.24) is 0 Å². The Balaban J connectivity index is 3.07. The number of aliphatic hydroxyl groups is 2. The van der Waals surface area contributed by atoms with Crippen molar-refractivity contribution in [2.75, 3.05) is 6.61 Å². The third-order valence-corrected chi connectivity index (χ3v) is 2.41. The minimum Gasteiger partial charge on any atom is -0.396 e. The summed E-state index contributed by atoms with van der Waals surface area (Å²) in [4.78, 5) is 0. The summed E-state index contributed by atoms with van der Waals surface area (Å²) in [5, 5.41) is 18.3. The van der Waals surface area contributed by atoms with Crippen LogP contribution < -0.4 is 0 Å². The van der Waals surface area contributed by atoms with Crippen LogP contribution in [-0.4, -0.2) is 16.8 Å². The van der Waals surface area contributed by atoms with E-state index in [9.17, 15) is 9.50 Å². The highest BCUT2D eigenvalue weighted by molar-refractivity contribution is 6.36. The second-order valence-electron chi connectivity index (χ2n) is 2.81. The molecule has 0 aliphatic heterocycles. The van der Waals surface area contributed by atoms with Crippen LogP contribution in [0.2, 0.25) is 10.0 Å². The lowest BCUT2D eigenvalue weighted by Crippen LogP contribution is -2.02. The quantitative estimate of drug-likeness (QED) is 0.850. The summed E-state index contributed by atoms with van der Waals surface area (Å²) in [6.07, 6.45) is -0.856. The van der Waals surface area contributed by atoms with Crippen molar-refractivity contribution in [2.45, 2.75) is 12.5 Å². The fraction of sp³-hybridized carbons (Fsp3) is 0.333. The molecule has 0 fully saturated rings. The maximum absolute atomic E-state index is 12.8. The molecule has 5 heteroatoms. The maximum atomic E-state index is 12.8. The van der Waals surface area contributed by atoms with Crippen molar-refractivity contribution in [3.63, 3.8) is 0 Å². The summed E-state index contributed by atoms with van der Waals surface area (Å²) in [5.74, 6) is -0.556. The van der Waals surface area contributed by atoms with Crippen molar-refractivity contribution in [2.24, 2.45) is 0 Å². The standard InChI is InChI=1S/C9H9Cl2FO2/c10-6-3-5(12)4-7(11)9(6)8(14)1-2-13/h3-4,8,13-14H,1-2H2. The topological polar surface area (TPSA) is 40.5 Å². The Morgan fingerprint density at radius 1 is 1.29 bits per heavy atom. The lowest BCUT2D eigenvalue weighted by atomic mass is 10.1. The molecule has 2 nitrogen and oxygen atoms in total. The molecule has 0 spiro atoms. The van der Waals surface area contributed by atoms with Crippen LogP contribution in [0.1, 0.15) is 18.1 Å². The van der Waals surface area contributed by atoms with Crippen LogP contribution in [0.3, 0.4) is 0 Å². The van der Waals surface area contributed by atoms with Gasteiger partial charge in [0.1, 0.15) is 5.82 Å². The maximum Gasteiger partial charge on any atom is 0.126 e. The van der Waals surface area contributed by atoms with E-state index < -0.39 is 11.9 Å². The van der Waals surface area contributed by atoms with E-state index in [0.717, 1.165) is 12.1 Å². The number of hydrogen-bond acceptors (Lipinski definition) is 2. The molecular formula is C9H9Cl2FO2. The highest BCUT2D eigenvalue weighted by Gasteiger charge is 2.16. The van der Waals surface area contributed by atoms with E-state index in [4.69, 9.17) is 28.3 Å². The number of rotatable bonds is 3. The van der Waals surface area contributed by atoms with Crippen molar-refractivity contribution in [1.29, 1.82) is 0 Å². The molecule has 0 aliphatic rings. The fourth-order valence-corrected chi connectivity index (χ4v) is 1.85. The van der Waals surface area contributed by atoms with Crippen LogP contribution in [0.25, 0.3) is 0 Å². The number of halogens is 3. The Morgan fingerprint density at radius 2 is 1.79 bits per heavy atom. The van der Waals surface area contributed by atoms with Gasteiger partial charge in [0, 0.05) is 18.6 Å². The van der Waals surface area contributed by atoms with E-state index in [0.29, 0.717) is 0 Å². The smallest absolute Gasteiger partial charge is 0.126 e. The van der Waals surface area contributed by atoms with Crippen LogP contribution in [0.5, 0.6) is 0 Å². The van der Waals surface area contributed by atoms with E-state index in [2.05, 4.69) is 0 Å². The van der Waals surface area contributed by atoms with E-state index >= 15 is 0 Å². The summed E-state index contributed by atoms with van der Waals surface area (Å²) in [6.45, 7) is -0.189. The second-order valence-corrected chi connectivity index (χ2v) is 3.63. The molecule has 0 aromatic heterocycles. The molecule has 1 aromatic rings. The number of aliphatic hydroxyl groups excluding tert-OH is 2. The zero-order valence-corrected chi connectivity index (χ0v) is 8.69. The van der Waals surface area contributed by atoms with Gasteiger partial charge in [0.05, 0.1) is 16.1 Å². The monoisotopic (exact) mass is 238 g/mol. The van der Waals surface area contributed by atoms with Crippen LogP contribution in [0.15, 0.2) is 12.1 Å². The number of benzene rings is 1. The molecule has 1 unspecified atom stereocenters. The Hall–Kier alpha value is -0.350. The van der Waals surface area contributed by atoms with E-state index in [1.54, 1.807) is 0 Å². The first-order chi connectivity index (χ1) is 6.56. The predicted octanol–water partition coefficient (Wildman–Crippen LogP) is 2.55. The molecule has 14 heavy (non-hydrogen) atoms. The lowest BCUT2D eigenvalue weighted by Gasteiger charge is -2.13. The van der Waals surface area contributed by atoms with Gasteiger partial charge in [-0.25, -0.2) is 4.39 Å². The van der Waals surface area contributed by atoms with Gasteiger partial charge in [0.15, 0.2) is 0 Å². The molecule has 0 heterocycles. The fourth-order valence-electron chi connectivity index (χ4n) is 1.14. The first-order valence-electron chi connectivity index (χ1n) is 3.99. The summed E-state index contributed by atoms with van der Waals surface area (Å²) in [7, 11) is 0. The zero-order chi connectivity index (χ0) is 10.7. The van der Waals surface area contributed by atoms with Crippen molar-refractivity contribution >= 4 is 23.2 Å². The van der Waals surface area contributed by atoms with Gasteiger partial charge in [-0.2, -0.15) is 0 Å². The average Bonchev–Trinajstić information content (AvgIpc) is 2.01. The lowest BCUT2D eigenvalue weighted by molar-refractivity contribution is 0.134. The van der Waals surface area contributed by atoms with Crippen LogP contribution in [0, 0.1) is 5.82 Å². The zero-order valence-electron chi connectivity index (χ0n) is 7.17. The normalized spacial score (nSPS) is 12.9. The highest BCUT2D eigenvalue weighted by Crippen LogP contribution is 2.32. The molecule has 0 aliphatic carbocycles. The Labute approximate surface area is 90.9 Å². The van der Waals surface area contributed by atoms with Crippen molar-refractivity contribution in [3.05, 3.63) is 33.6 Å². The molecule has 1 rings (SSSR count). The van der Waals surface area contributed by atoms with Crippen LogP contribution in [0.4, 0.5) is 4.39 Å². The molecule has 0 saturated heterocycles. The minimum atomic E-state index is -0.972. The third kappa shape index (κ3) is 2.58. The van der Waals surface area contributed by atoms with Gasteiger partial charge in [0.25, 0.3) is 0 Å². The largest absolute Gasteiger partial charge is 0.396 e. The molecule has 0 bridgehead atoms. The summed E-state index contributed by atoms with van der Waals surface area (Å²) < 4.78 is 12.8. The first kappa shape index (κ1) is 11.7. The molecule has 1 aromatic carbocycles. The van der Waals surface area contributed by atoms with Gasteiger partial charge in [-0.1, -0.05) is 23.2 Å². The molecule has 0 amide bonds. The van der Waals surface area contributed by atoms with Gasteiger partial charge in [0.2, 0.25) is 0 Å². The van der Waals surface area contributed by atoms with E-state index in [1.165, 1.54) is 0 Å². The summed E-state index contributed by atoms with van der Waals surface area (Å²) in [6, 6.07) is 2.15. The van der Waals surface area contributed by atoms with Gasteiger partial charge < -0.3 is 10.2 Å². The summed E-state index contributed by atoms with van der Waals surface area (Å²) in [5.41, 5.74) is 0.254. The molecular weight excluding hydrogens is 230 g/mol.